The molecule has 7 heteroatoms. The predicted octanol–water partition coefficient (Wildman–Crippen LogP) is 2.98. The molecule has 0 amide bonds. The molecule has 128 valence electrons. The van der Waals surface area contributed by atoms with Crippen LogP contribution in [0.5, 0.6) is 5.88 Å². The van der Waals surface area contributed by atoms with Crippen molar-refractivity contribution in [3.8, 4) is 5.88 Å². The van der Waals surface area contributed by atoms with E-state index in [1.165, 1.54) is 12.1 Å². The van der Waals surface area contributed by atoms with Crippen LogP contribution in [0.25, 0.3) is 0 Å². The van der Waals surface area contributed by atoms with Crippen LogP contribution in [0.4, 0.5) is 21.8 Å². The molecule has 1 aliphatic rings. The summed E-state index contributed by atoms with van der Waals surface area (Å²) < 4.78 is 24.2. The number of nitrogens with one attached hydrogen (secondary N) is 1. The standard InChI is InChI=1S/C17H21FN4O2/c1-12(2)24-16-11-15(22-7-9-23-10-8-22)20-17(21-16)19-14-5-3-13(18)4-6-14/h3-6,11-12H,7-10H2,1-2H3,(H,19,20,21). The monoisotopic (exact) mass is 332 g/mol. The molecule has 1 aromatic carbocycles. The van der Waals surface area contributed by atoms with Crippen molar-refractivity contribution in [3.05, 3.63) is 36.1 Å². The number of rotatable bonds is 5. The molecule has 2 heterocycles. The van der Waals surface area contributed by atoms with Crippen molar-refractivity contribution in [1.82, 2.24) is 9.97 Å². The van der Waals surface area contributed by atoms with Gasteiger partial charge in [-0.3, -0.25) is 0 Å². The Kier molecular flexibility index (Phi) is 5.10. The number of nitrogens with zero attached hydrogens (tertiary/aromatic N) is 3. The van der Waals surface area contributed by atoms with Crippen molar-refractivity contribution in [1.29, 1.82) is 0 Å². The van der Waals surface area contributed by atoms with Crippen LogP contribution in [-0.4, -0.2) is 42.4 Å². The molecule has 2 aromatic rings. The lowest BCUT2D eigenvalue weighted by Gasteiger charge is -2.28. The molecule has 0 atom stereocenters. The van der Waals surface area contributed by atoms with E-state index in [1.54, 1.807) is 12.1 Å². The van der Waals surface area contributed by atoms with Crippen LogP contribution in [0.3, 0.4) is 0 Å². The molecule has 1 N–H and O–H groups in total. The first-order valence-electron chi connectivity index (χ1n) is 8.01. The van der Waals surface area contributed by atoms with Gasteiger partial charge >= 0.3 is 0 Å². The first-order valence-corrected chi connectivity index (χ1v) is 8.01. The van der Waals surface area contributed by atoms with Gasteiger partial charge in [-0.05, 0) is 38.1 Å². The molecule has 0 saturated carbocycles. The molecule has 1 saturated heterocycles. The van der Waals surface area contributed by atoms with Gasteiger partial charge in [-0.1, -0.05) is 0 Å². The zero-order valence-corrected chi connectivity index (χ0v) is 13.8. The summed E-state index contributed by atoms with van der Waals surface area (Å²) in [7, 11) is 0. The summed E-state index contributed by atoms with van der Waals surface area (Å²) in [5.74, 6) is 1.42. The molecule has 24 heavy (non-hydrogen) atoms. The fourth-order valence-electron chi connectivity index (χ4n) is 2.39. The van der Waals surface area contributed by atoms with E-state index >= 15 is 0 Å². The fourth-order valence-corrected chi connectivity index (χ4v) is 2.39. The Labute approximate surface area is 140 Å². The molecule has 6 nitrogen and oxygen atoms in total. The summed E-state index contributed by atoms with van der Waals surface area (Å²) in [4.78, 5) is 11.1. The Hall–Kier alpha value is -2.41. The van der Waals surface area contributed by atoms with Crippen LogP contribution in [0.1, 0.15) is 13.8 Å². The Bertz CT molecular complexity index is 673. The summed E-state index contributed by atoms with van der Waals surface area (Å²) in [6.45, 7) is 6.78. The molecule has 1 fully saturated rings. The maximum Gasteiger partial charge on any atom is 0.232 e. The average Bonchev–Trinajstić information content (AvgIpc) is 2.57. The van der Waals surface area contributed by atoms with Crippen molar-refractivity contribution in [3.63, 3.8) is 0 Å². The van der Waals surface area contributed by atoms with E-state index < -0.39 is 0 Å². The van der Waals surface area contributed by atoms with Gasteiger partial charge in [0.05, 0.1) is 19.3 Å². The number of ether oxygens (including phenoxy) is 2. The maximum absolute atomic E-state index is 13.0. The summed E-state index contributed by atoms with van der Waals surface area (Å²) in [6, 6.07) is 7.90. The molecule has 0 radical (unpaired) electrons. The van der Waals surface area contributed by atoms with Crippen LogP contribution in [0.2, 0.25) is 0 Å². The lowest BCUT2D eigenvalue weighted by atomic mass is 10.3. The number of hydrogen-bond donors (Lipinski definition) is 1. The molecule has 0 bridgehead atoms. The molecule has 0 aliphatic carbocycles. The summed E-state index contributed by atoms with van der Waals surface area (Å²) in [6.07, 6.45) is 0.0103. The lowest BCUT2D eigenvalue weighted by molar-refractivity contribution is 0.122. The number of anilines is 3. The highest BCUT2D eigenvalue weighted by Gasteiger charge is 2.16. The number of aromatic nitrogens is 2. The van der Waals surface area contributed by atoms with Crippen molar-refractivity contribution in [2.24, 2.45) is 0 Å². The van der Waals surface area contributed by atoms with Gasteiger partial charge in [0.15, 0.2) is 0 Å². The highest BCUT2D eigenvalue weighted by atomic mass is 19.1. The van der Waals surface area contributed by atoms with Crippen LogP contribution >= 0.6 is 0 Å². The van der Waals surface area contributed by atoms with Gasteiger partial charge < -0.3 is 19.7 Å². The summed E-state index contributed by atoms with van der Waals surface area (Å²) in [5, 5.41) is 3.10. The molecule has 0 spiro atoms. The fraction of sp³-hybridized carbons (Fsp3) is 0.412. The van der Waals surface area contributed by atoms with Gasteiger partial charge in [0.25, 0.3) is 0 Å². The smallest absolute Gasteiger partial charge is 0.232 e. The van der Waals surface area contributed by atoms with E-state index in [0.717, 1.165) is 18.9 Å². The average molecular weight is 332 g/mol. The number of morpholine rings is 1. The minimum absolute atomic E-state index is 0.0103. The maximum atomic E-state index is 13.0. The summed E-state index contributed by atoms with van der Waals surface area (Å²) in [5.41, 5.74) is 0.714. The molecule has 1 aromatic heterocycles. The van der Waals surface area contributed by atoms with E-state index in [2.05, 4.69) is 20.2 Å². The minimum atomic E-state index is -0.285. The first kappa shape index (κ1) is 16.4. The van der Waals surface area contributed by atoms with Gasteiger partial charge in [0.2, 0.25) is 11.8 Å². The third-order valence-electron chi connectivity index (χ3n) is 3.48. The Balaban J connectivity index is 1.86. The first-order chi connectivity index (χ1) is 11.6. The number of halogens is 1. The van der Waals surface area contributed by atoms with E-state index in [-0.39, 0.29) is 11.9 Å². The van der Waals surface area contributed by atoms with Crippen molar-refractivity contribution in [2.75, 3.05) is 36.5 Å². The zero-order chi connectivity index (χ0) is 16.9. The number of hydrogen-bond acceptors (Lipinski definition) is 6. The third kappa shape index (κ3) is 4.32. The van der Waals surface area contributed by atoms with Crippen molar-refractivity contribution in [2.45, 2.75) is 20.0 Å². The molecular formula is C17H21FN4O2. The topological polar surface area (TPSA) is 59.5 Å². The normalized spacial score (nSPS) is 14.8. The highest BCUT2D eigenvalue weighted by Crippen LogP contribution is 2.23. The second-order valence-corrected chi connectivity index (χ2v) is 5.79. The minimum Gasteiger partial charge on any atom is -0.475 e. The number of benzene rings is 1. The Morgan fingerprint density at radius 1 is 1.17 bits per heavy atom. The third-order valence-corrected chi connectivity index (χ3v) is 3.48. The van der Waals surface area contributed by atoms with Gasteiger partial charge in [-0.15, -0.1) is 0 Å². The second-order valence-electron chi connectivity index (χ2n) is 5.79. The van der Waals surface area contributed by atoms with Gasteiger partial charge in [0, 0.05) is 24.8 Å². The van der Waals surface area contributed by atoms with Crippen LogP contribution in [-0.2, 0) is 4.74 Å². The van der Waals surface area contributed by atoms with Gasteiger partial charge in [-0.2, -0.15) is 9.97 Å². The molecule has 0 unspecified atom stereocenters. The Morgan fingerprint density at radius 3 is 2.54 bits per heavy atom. The van der Waals surface area contributed by atoms with Crippen LogP contribution in [0.15, 0.2) is 30.3 Å². The van der Waals surface area contributed by atoms with Crippen LogP contribution < -0.4 is 15.0 Å². The second kappa shape index (κ2) is 7.44. The quantitative estimate of drug-likeness (QED) is 0.908. The van der Waals surface area contributed by atoms with Gasteiger partial charge in [0.1, 0.15) is 11.6 Å². The molecular weight excluding hydrogens is 311 g/mol. The molecule has 3 rings (SSSR count). The largest absolute Gasteiger partial charge is 0.475 e. The predicted molar refractivity (Wildman–Crippen MR) is 90.5 cm³/mol. The summed E-state index contributed by atoms with van der Waals surface area (Å²) >= 11 is 0. The molecule has 1 aliphatic heterocycles. The van der Waals surface area contributed by atoms with Gasteiger partial charge in [-0.25, -0.2) is 4.39 Å². The highest BCUT2D eigenvalue weighted by molar-refractivity contribution is 5.56. The Morgan fingerprint density at radius 2 is 1.88 bits per heavy atom. The van der Waals surface area contributed by atoms with E-state index in [4.69, 9.17) is 9.47 Å². The van der Waals surface area contributed by atoms with Crippen LogP contribution in [0, 0.1) is 5.82 Å². The lowest BCUT2D eigenvalue weighted by Crippen LogP contribution is -2.36. The SMILES string of the molecule is CC(C)Oc1cc(N2CCOCC2)nc(Nc2ccc(F)cc2)n1. The van der Waals surface area contributed by atoms with Crippen molar-refractivity contribution >= 4 is 17.5 Å². The van der Waals surface area contributed by atoms with E-state index in [9.17, 15) is 4.39 Å². The van der Waals surface area contributed by atoms with E-state index in [1.807, 2.05) is 19.9 Å². The van der Waals surface area contributed by atoms with E-state index in [0.29, 0.717) is 30.7 Å². The zero-order valence-electron chi connectivity index (χ0n) is 13.8. The van der Waals surface area contributed by atoms with Crippen molar-refractivity contribution < 1.29 is 13.9 Å².